The van der Waals surface area contributed by atoms with Gasteiger partial charge in [-0.25, -0.2) is 4.98 Å². The Bertz CT molecular complexity index is 1500. The van der Waals surface area contributed by atoms with Gasteiger partial charge in [0.05, 0.1) is 21.0 Å². The zero-order valence-corrected chi connectivity index (χ0v) is 26.5. The SMILES string of the molecule is Cc1cc(Cl)c(OCCOc2ncc(C3=C(C(=O)N(Cc4cccc(C)c4C)C4CC4)[C@H]4CNCC(C3)N4)s2)c(Cl)c1. The number of hydrogen-bond donors (Lipinski definition) is 2. The molecule has 0 spiro atoms. The van der Waals surface area contributed by atoms with E-state index in [-0.39, 0.29) is 30.6 Å². The summed E-state index contributed by atoms with van der Waals surface area (Å²) in [6, 6.07) is 10.5. The molecule has 1 saturated carbocycles. The van der Waals surface area contributed by atoms with Crippen LogP contribution in [-0.2, 0) is 11.3 Å². The quantitative estimate of drug-likeness (QED) is 0.264. The fourth-order valence-corrected chi connectivity index (χ4v) is 7.40. The van der Waals surface area contributed by atoms with E-state index in [0.717, 1.165) is 53.9 Å². The molecule has 6 rings (SSSR count). The van der Waals surface area contributed by atoms with Crippen molar-refractivity contribution in [1.29, 1.82) is 0 Å². The minimum atomic E-state index is -0.0382. The Balaban J connectivity index is 1.21. The summed E-state index contributed by atoms with van der Waals surface area (Å²) in [6.07, 6.45) is 4.72. The van der Waals surface area contributed by atoms with E-state index < -0.39 is 0 Å². The third kappa shape index (κ3) is 6.33. The molecule has 10 heteroatoms. The summed E-state index contributed by atoms with van der Waals surface area (Å²) >= 11 is 14.1. The molecule has 42 heavy (non-hydrogen) atoms. The van der Waals surface area contributed by atoms with Crippen molar-refractivity contribution in [1.82, 2.24) is 20.5 Å². The lowest BCUT2D eigenvalue weighted by Gasteiger charge is -2.40. The number of amides is 1. The number of hydrogen-bond acceptors (Lipinski definition) is 7. The smallest absolute Gasteiger partial charge is 0.273 e. The molecular formula is C32H36Cl2N4O3S. The number of aryl methyl sites for hydroxylation is 2. The second-order valence-electron chi connectivity index (χ2n) is 11.4. The molecule has 2 fully saturated rings. The largest absolute Gasteiger partial charge is 0.487 e. The average molecular weight is 628 g/mol. The number of piperazine rings is 1. The predicted octanol–water partition coefficient (Wildman–Crippen LogP) is 6.11. The number of aromatic nitrogens is 1. The molecule has 2 N–H and O–H groups in total. The van der Waals surface area contributed by atoms with Gasteiger partial charge in [0.1, 0.15) is 13.2 Å². The normalized spacial score (nSPS) is 20.0. The van der Waals surface area contributed by atoms with Crippen molar-refractivity contribution >= 4 is 46.0 Å². The zero-order chi connectivity index (χ0) is 29.4. The molecule has 1 saturated heterocycles. The van der Waals surface area contributed by atoms with Gasteiger partial charge < -0.3 is 25.0 Å². The Morgan fingerprint density at radius 3 is 2.62 bits per heavy atom. The highest BCUT2D eigenvalue weighted by molar-refractivity contribution is 7.14. The molecule has 1 unspecified atom stereocenters. The molecule has 3 aromatic rings. The van der Waals surface area contributed by atoms with Crippen LogP contribution in [0.25, 0.3) is 5.57 Å². The van der Waals surface area contributed by atoms with Crippen LogP contribution in [0, 0.1) is 20.8 Å². The van der Waals surface area contributed by atoms with Crippen LogP contribution in [0.5, 0.6) is 10.9 Å². The molecule has 2 atom stereocenters. The lowest BCUT2D eigenvalue weighted by atomic mass is 9.86. The Labute approximate surface area is 261 Å². The van der Waals surface area contributed by atoms with E-state index in [9.17, 15) is 4.79 Å². The van der Waals surface area contributed by atoms with Gasteiger partial charge >= 0.3 is 0 Å². The topological polar surface area (TPSA) is 75.7 Å². The Kier molecular flexibility index (Phi) is 8.80. The highest BCUT2D eigenvalue weighted by Gasteiger charge is 2.41. The molecule has 0 radical (unpaired) electrons. The number of carbonyl (C=O) groups excluding carboxylic acids is 1. The second kappa shape index (κ2) is 12.5. The van der Waals surface area contributed by atoms with Gasteiger partial charge in [0, 0.05) is 43.5 Å². The van der Waals surface area contributed by atoms with Crippen molar-refractivity contribution < 1.29 is 14.3 Å². The van der Waals surface area contributed by atoms with Crippen molar-refractivity contribution in [2.75, 3.05) is 26.3 Å². The van der Waals surface area contributed by atoms with Gasteiger partial charge in [-0.05, 0) is 80.0 Å². The standard InChI is InChI=1S/C32H36Cl2N4O3S/c1-18-11-25(33)30(26(34)12-18)40-9-10-41-32-36-16-28(42-32)24-13-22-14-35-15-27(37-22)29(24)31(39)38(23-7-8-23)17-21-6-4-5-19(2)20(21)3/h4-6,11-12,16,22-23,27,35,37H,7-10,13-15,17H2,1-3H3/t22?,27-/m1/s1. The van der Waals surface area contributed by atoms with Crippen LogP contribution in [0.2, 0.25) is 10.0 Å². The molecule has 3 aliphatic rings. The molecular weight excluding hydrogens is 591 g/mol. The summed E-state index contributed by atoms with van der Waals surface area (Å²) in [6.45, 7) is 9.01. The molecule has 2 bridgehead atoms. The predicted molar refractivity (Wildman–Crippen MR) is 169 cm³/mol. The van der Waals surface area contributed by atoms with E-state index in [4.69, 9.17) is 32.7 Å². The lowest BCUT2D eigenvalue weighted by Crippen LogP contribution is -2.59. The van der Waals surface area contributed by atoms with Crippen molar-refractivity contribution in [2.45, 2.75) is 64.7 Å². The van der Waals surface area contributed by atoms with Crippen LogP contribution in [0.15, 0.2) is 42.1 Å². The first kappa shape index (κ1) is 29.5. The fourth-order valence-electron chi connectivity index (χ4n) is 5.83. The van der Waals surface area contributed by atoms with Crippen LogP contribution in [0.4, 0.5) is 0 Å². The number of benzene rings is 2. The van der Waals surface area contributed by atoms with Crippen LogP contribution in [-0.4, -0.2) is 60.2 Å². The maximum atomic E-state index is 14.4. The van der Waals surface area contributed by atoms with E-state index in [1.807, 2.05) is 25.3 Å². The summed E-state index contributed by atoms with van der Waals surface area (Å²) in [5.74, 6) is 0.584. The molecule has 2 aliphatic heterocycles. The van der Waals surface area contributed by atoms with Crippen LogP contribution in [0.1, 0.15) is 46.4 Å². The van der Waals surface area contributed by atoms with Crippen molar-refractivity contribution in [3.63, 3.8) is 0 Å². The first-order chi connectivity index (χ1) is 20.3. The molecule has 1 amide bonds. The van der Waals surface area contributed by atoms with Gasteiger partial charge in [0.2, 0.25) is 0 Å². The van der Waals surface area contributed by atoms with Gasteiger partial charge in [-0.2, -0.15) is 0 Å². The second-order valence-corrected chi connectivity index (χ2v) is 13.2. The summed E-state index contributed by atoms with van der Waals surface area (Å²) in [4.78, 5) is 22.0. The summed E-state index contributed by atoms with van der Waals surface area (Å²) in [5, 5.41) is 8.73. The van der Waals surface area contributed by atoms with E-state index >= 15 is 0 Å². The Hall–Kier alpha value is -2.62. The fraction of sp³-hybridized carbons (Fsp3) is 0.438. The van der Waals surface area contributed by atoms with Crippen LogP contribution >= 0.6 is 34.5 Å². The monoisotopic (exact) mass is 626 g/mol. The Morgan fingerprint density at radius 2 is 1.86 bits per heavy atom. The zero-order valence-electron chi connectivity index (χ0n) is 24.1. The summed E-state index contributed by atoms with van der Waals surface area (Å²) < 4.78 is 11.7. The summed E-state index contributed by atoms with van der Waals surface area (Å²) in [5.41, 5.74) is 6.64. The van der Waals surface area contributed by atoms with E-state index in [0.29, 0.717) is 34.1 Å². The first-order valence-electron chi connectivity index (χ1n) is 14.5. The third-order valence-electron chi connectivity index (χ3n) is 8.32. The minimum Gasteiger partial charge on any atom is -0.487 e. The van der Waals surface area contributed by atoms with Crippen molar-refractivity contribution in [3.05, 3.63) is 79.3 Å². The van der Waals surface area contributed by atoms with Gasteiger partial charge in [0.25, 0.3) is 11.1 Å². The lowest BCUT2D eigenvalue weighted by molar-refractivity contribution is -0.128. The Morgan fingerprint density at radius 1 is 1.10 bits per heavy atom. The highest BCUT2D eigenvalue weighted by Crippen LogP contribution is 2.39. The maximum absolute atomic E-state index is 14.4. The molecule has 3 heterocycles. The average Bonchev–Trinajstić information content (AvgIpc) is 3.69. The number of rotatable bonds is 10. The van der Waals surface area contributed by atoms with E-state index in [1.165, 1.54) is 28.0 Å². The van der Waals surface area contributed by atoms with Crippen LogP contribution in [0.3, 0.4) is 0 Å². The van der Waals surface area contributed by atoms with E-state index in [2.05, 4.69) is 52.6 Å². The van der Waals surface area contributed by atoms with Gasteiger partial charge in [-0.1, -0.05) is 52.7 Å². The molecule has 2 aromatic carbocycles. The number of halogens is 2. The highest BCUT2D eigenvalue weighted by atomic mass is 35.5. The van der Waals surface area contributed by atoms with Gasteiger partial charge in [0.15, 0.2) is 5.75 Å². The third-order valence-corrected chi connectivity index (χ3v) is 9.85. The summed E-state index contributed by atoms with van der Waals surface area (Å²) in [7, 11) is 0. The van der Waals surface area contributed by atoms with Gasteiger partial charge in [-0.15, -0.1) is 0 Å². The number of fused-ring (bicyclic) bond motifs is 2. The number of carbonyl (C=O) groups is 1. The maximum Gasteiger partial charge on any atom is 0.273 e. The molecule has 222 valence electrons. The molecule has 1 aliphatic carbocycles. The minimum absolute atomic E-state index is 0.0382. The van der Waals surface area contributed by atoms with E-state index in [1.54, 1.807) is 0 Å². The van der Waals surface area contributed by atoms with Crippen molar-refractivity contribution in [2.24, 2.45) is 0 Å². The molecule has 7 nitrogen and oxygen atoms in total. The van der Waals surface area contributed by atoms with Crippen molar-refractivity contribution in [3.8, 4) is 10.9 Å². The first-order valence-corrected chi connectivity index (χ1v) is 16.1. The van der Waals surface area contributed by atoms with Gasteiger partial charge in [-0.3, -0.25) is 4.79 Å². The molecule has 1 aromatic heterocycles. The number of thiazole rings is 1. The van der Waals surface area contributed by atoms with Crippen LogP contribution < -0.4 is 20.1 Å². The number of nitrogens with zero attached hydrogens (tertiary/aromatic N) is 2. The number of nitrogens with one attached hydrogen (secondary N) is 2. The number of ether oxygens (including phenoxy) is 2.